The van der Waals surface area contributed by atoms with E-state index in [0.29, 0.717) is 55.4 Å². The maximum Gasteiger partial charge on any atom is 0.329 e. The Morgan fingerprint density at radius 3 is 2.67 bits per heavy atom. The van der Waals surface area contributed by atoms with Gasteiger partial charge in [-0.1, -0.05) is 55.8 Å². The lowest BCUT2D eigenvalue weighted by molar-refractivity contribution is -0.144. The van der Waals surface area contributed by atoms with Crippen LogP contribution in [0.4, 0.5) is 5.69 Å². The number of nitrogens with one attached hydrogen (secondary N) is 1. The number of methoxy groups -OCH3 is 1. The monoisotopic (exact) mass is 788 g/mol. The van der Waals surface area contributed by atoms with Crippen LogP contribution in [0.15, 0.2) is 91.3 Å². The van der Waals surface area contributed by atoms with Gasteiger partial charge in [-0.3, -0.25) is 9.67 Å². The third-order valence-electron chi connectivity index (χ3n) is 12.9. The van der Waals surface area contributed by atoms with Gasteiger partial charge in [-0.25, -0.2) is 4.79 Å². The Hall–Kier alpha value is -5.02. The van der Waals surface area contributed by atoms with Gasteiger partial charge in [0.05, 0.1) is 26.0 Å². The standard InChI is InChI=1S/C47H53ClN4O5/c1-31(29-57-43-16-22-49-41-12-6-8-32(2)44(41)43)24-35-25-33-14-15-39(56-30-38-17-23-52(51-38)28-34-9-4-5-13-42(34)55-3)27-40(33)46(35)18-20-47(21-19-46,45(53)54)50-37-11-7-10-36(48)26-37/h4-5,7,9-11,13-17,22-23,26-27,31-32,35,50H,6,8,12,18-21,24-25,28-30H2,1-3H3,(H,53,54)/t31-,32-,35+,46?,47?/m1/s1. The van der Waals surface area contributed by atoms with Crippen molar-refractivity contribution in [2.75, 3.05) is 19.0 Å². The summed E-state index contributed by atoms with van der Waals surface area (Å²) in [6.45, 7) is 6.14. The number of rotatable bonds is 14. The molecule has 2 aromatic heterocycles. The highest BCUT2D eigenvalue weighted by atomic mass is 35.5. The molecule has 0 unspecified atom stereocenters. The maximum atomic E-state index is 13.1. The number of anilines is 1. The molecule has 2 heterocycles. The van der Waals surface area contributed by atoms with Crippen LogP contribution in [0.25, 0.3) is 0 Å². The number of aromatic nitrogens is 3. The number of carboxylic acids is 1. The number of ether oxygens (including phenoxy) is 3. The lowest BCUT2D eigenvalue weighted by atomic mass is 9.59. The molecule has 9 nitrogen and oxygen atoms in total. The Bertz CT molecular complexity index is 2210. The van der Waals surface area contributed by atoms with Crippen molar-refractivity contribution in [3.05, 3.63) is 130 Å². The number of nitrogens with zero attached hydrogens (tertiary/aromatic N) is 3. The number of halogens is 1. The minimum atomic E-state index is -1.09. The van der Waals surface area contributed by atoms with Gasteiger partial charge in [-0.2, -0.15) is 5.10 Å². The van der Waals surface area contributed by atoms with Gasteiger partial charge in [-0.05, 0) is 141 Å². The van der Waals surface area contributed by atoms with Gasteiger partial charge < -0.3 is 24.6 Å². The van der Waals surface area contributed by atoms with E-state index in [1.165, 1.54) is 28.8 Å². The second kappa shape index (κ2) is 16.5. The van der Waals surface area contributed by atoms with Crippen molar-refractivity contribution in [2.24, 2.45) is 11.8 Å². The molecule has 10 heteroatoms. The Balaban J connectivity index is 1.01. The highest BCUT2D eigenvalue weighted by Gasteiger charge is 2.54. The number of hydrogen-bond donors (Lipinski definition) is 2. The molecular weight excluding hydrogens is 736 g/mol. The highest BCUT2D eigenvalue weighted by Crippen LogP contribution is 2.57. The SMILES string of the molecule is COc1ccccc1Cn1ccc(COc2ccc3c(c2)C2(CCC(Nc4cccc(Cl)c4)(C(=O)O)CC2)[C@@H](C[C@@H](C)COc2ccnc4c2[C@H](C)CCC4)C3)n1. The van der Waals surface area contributed by atoms with E-state index < -0.39 is 11.5 Å². The number of aliphatic carboxylic acids is 1. The number of pyridine rings is 1. The van der Waals surface area contributed by atoms with Gasteiger partial charge in [0.1, 0.15) is 29.4 Å². The van der Waals surface area contributed by atoms with Crippen LogP contribution in [0.3, 0.4) is 0 Å². The summed E-state index contributed by atoms with van der Waals surface area (Å²) in [6.07, 6.45) is 11.6. The first-order valence-corrected chi connectivity index (χ1v) is 20.8. The molecule has 0 saturated heterocycles. The first-order valence-electron chi connectivity index (χ1n) is 20.4. The molecule has 3 aromatic carbocycles. The molecule has 57 heavy (non-hydrogen) atoms. The third-order valence-corrected chi connectivity index (χ3v) is 13.1. The first-order chi connectivity index (χ1) is 27.6. The predicted octanol–water partition coefficient (Wildman–Crippen LogP) is 10.0. The Morgan fingerprint density at radius 1 is 1.02 bits per heavy atom. The van der Waals surface area contributed by atoms with Crippen molar-refractivity contribution < 1.29 is 24.1 Å². The lowest BCUT2D eigenvalue weighted by Crippen LogP contribution is -2.53. The van der Waals surface area contributed by atoms with Crippen molar-refractivity contribution in [3.63, 3.8) is 0 Å². The third kappa shape index (κ3) is 8.09. The van der Waals surface area contributed by atoms with Crippen LogP contribution in [0.1, 0.15) is 98.4 Å². The van der Waals surface area contributed by atoms with Gasteiger partial charge >= 0.3 is 5.97 Å². The Morgan fingerprint density at radius 2 is 1.86 bits per heavy atom. The molecule has 3 aliphatic carbocycles. The van der Waals surface area contributed by atoms with Crippen molar-refractivity contribution in [1.82, 2.24) is 14.8 Å². The normalized spacial score (nSPS) is 23.0. The molecule has 0 amide bonds. The molecule has 2 N–H and O–H groups in total. The molecule has 0 bridgehead atoms. The summed E-state index contributed by atoms with van der Waals surface area (Å²) < 4.78 is 20.5. The van der Waals surface area contributed by atoms with Gasteiger partial charge in [0.15, 0.2) is 0 Å². The number of hydrogen-bond acceptors (Lipinski definition) is 7. The number of benzene rings is 3. The second-order valence-corrected chi connectivity index (χ2v) is 17.1. The van der Waals surface area contributed by atoms with Gasteiger partial charge in [0, 0.05) is 39.9 Å². The predicted molar refractivity (Wildman–Crippen MR) is 223 cm³/mol. The Kier molecular flexibility index (Phi) is 11.2. The quantitative estimate of drug-likeness (QED) is 0.115. The summed E-state index contributed by atoms with van der Waals surface area (Å²) in [4.78, 5) is 17.8. The zero-order valence-electron chi connectivity index (χ0n) is 33.2. The van der Waals surface area contributed by atoms with Crippen LogP contribution in [0.5, 0.6) is 17.2 Å². The summed E-state index contributed by atoms with van der Waals surface area (Å²) in [5.74, 6) is 2.85. The van der Waals surface area contributed by atoms with Crippen LogP contribution in [0, 0.1) is 11.8 Å². The van der Waals surface area contributed by atoms with E-state index in [4.69, 9.17) is 30.9 Å². The fraction of sp³-hybridized carbons (Fsp3) is 0.426. The smallest absolute Gasteiger partial charge is 0.329 e. The largest absolute Gasteiger partial charge is 0.496 e. The maximum absolute atomic E-state index is 13.1. The summed E-state index contributed by atoms with van der Waals surface area (Å²) in [7, 11) is 1.68. The average Bonchev–Trinajstić information content (AvgIpc) is 3.78. The van der Waals surface area contributed by atoms with Crippen molar-refractivity contribution in [3.8, 4) is 17.2 Å². The van der Waals surface area contributed by atoms with Crippen LogP contribution in [-0.4, -0.2) is 45.1 Å². The minimum absolute atomic E-state index is 0.196. The molecule has 3 atom stereocenters. The van der Waals surface area contributed by atoms with Crippen LogP contribution < -0.4 is 19.5 Å². The number of aryl methyl sites for hydroxylation is 1. The van der Waals surface area contributed by atoms with Crippen molar-refractivity contribution in [1.29, 1.82) is 0 Å². The molecule has 0 aliphatic heterocycles. The number of fused-ring (bicyclic) bond motifs is 3. The van der Waals surface area contributed by atoms with E-state index >= 15 is 0 Å². The molecule has 1 spiro atoms. The van der Waals surface area contributed by atoms with Crippen molar-refractivity contribution >= 4 is 23.3 Å². The molecular formula is C47H53ClN4O5. The zero-order valence-corrected chi connectivity index (χ0v) is 33.9. The molecule has 3 aliphatic rings. The summed E-state index contributed by atoms with van der Waals surface area (Å²) >= 11 is 6.32. The average molecular weight is 789 g/mol. The fourth-order valence-corrected chi connectivity index (χ4v) is 10.1. The molecule has 1 saturated carbocycles. The van der Waals surface area contributed by atoms with Gasteiger partial charge in [0.25, 0.3) is 0 Å². The fourth-order valence-electron chi connectivity index (χ4n) is 9.90. The van der Waals surface area contributed by atoms with Crippen LogP contribution in [0.2, 0.25) is 5.02 Å². The van der Waals surface area contributed by atoms with E-state index in [9.17, 15) is 9.90 Å². The number of carboxylic acid groups (broad SMARTS) is 1. The molecule has 298 valence electrons. The summed E-state index contributed by atoms with van der Waals surface area (Å²) in [5.41, 5.74) is 6.41. The molecule has 5 aromatic rings. The first kappa shape index (κ1) is 38.8. The number of carbonyl (C=O) groups is 1. The van der Waals surface area contributed by atoms with Crippen LogP contribution in [-0.2, 0) is 36.2 Å². The summed E-state index contributed by atoms with van der Waals surface area (Å²) in [5, 5.41) is 19.5. The topological polar surface area (TPSA) is 108 Å². The van der Waals surface area contributed by atoms with Gasteiger partial charge in [-0.15, -0.1) is 0 Å². The van der Waals surface area contributed by atoms with E-state index in [-0.39, 0.29) is 5.41 Å². The van der Waals surface area contributed by atoms with Crippen LogP contribution >= 0.6 is 11.6 Å². The van der Waals surface area contributed by atoms with E-state index in [1.807, 2.05) is 65.6 Å². The lowest BCUT2D eigenvalue weighted by Gasteiger charge is -2.47. The van der Waals surface area contributed by atoms with E-state index in [0.717, 1.165) is 72.7 Å². The zero-order chi connectivity index (χ0) is 39.6. The summed E-state index contributed by atoms with van der Waals surface area (Å²) in [6, 6.07) is 25.9. The molecule has 8 rings (SSSR count). The van der Waals surface area contributed by atoms with E-state index in [2.05, 4.69) is 42.3 Å². The van der Waals surface area contributed by atoms with Gasteiger partial charge in [0.2, 0.25) is 0 Å². The second-order valence-electron chi connectivity index (χ2n) is 16.6. The number of para-hydroxylation sites is 1. The minimum Gasteiger partial charge on any atom is -0.496 e. The van der Waals surface area contributed by atoms with E-state index in [1.54, 1.807) is 19.2 Å². The molecule has 1 fully saturated rings. The highest BCUT2D eigenvalue weighted by molar-refractivity contribution is 6.30. The Labute approximate surface area is 340 Å². The molecule has 0 radical (unpaired) electrons. The van der Waals surface area contributed by atoms with Crippen molar-refractivity contribution in [2.45, 2.75) is 102 Å².